The molecule has 1 saturated carbocycles. The Morgan fingerprint density at radius 2 is 1.85 bits per heavy atom. The highest BCUT2D eigenvalue weighted by Crippen LogP contribution is 2.29. The number of nitrogens with zero attached hydrogens (tertiary/aromatic N) is 2. The van der Waals surface area contributed by atoms with Crippen molar-refractivity contribution in [2.45, 2.75) is 44.1 Å². The maximum Gasteiger partial charge on any atom is 0.331 e. The fourth-order valence-corrected chi connectivity index (χ4v) is 3.70. The van der Waals surface area contributed by atoms with Gasteiger partial charge >= 0.3 is 5.97 Å². The number of carbonyl (C=O) groups is 2. The summed E-state index contributed by atoms with van der Waals surface area (Å²) in [6.45, 7) is 0. The van der Waals surface area contributed by atoms with Crippen LogP contribution in [0.4, 0.5) is 0 Å². The van der Waals surface area contributed by atoms with E-state index in [-0.39, 0.29) is 17.9 Å². The number of aryl methyl sites for hydroxylation is 1. The van der Waals surface area contributed by atoms with Gasteiger partial charge in [0.05, 0.1) is 24.6 Å². The van der Waals surface area contributed by atoms with Gasteiger partial charge in [0.25, 0.3) is 5.56 Å². The molecule has 0 bridgehead atoms. The summed E-state index contributed by atoms with van der Waals surface area (Å²) < 4.78 is 6.17. The van der Waals surface area contributed by atoms with Gasteiger partial charge < -0.3 is 10.1 Å². The molecule has 1 amide bonds. The first-order valence-corrected chi connectivity index (χ1v) is 8.81. The Morgan fingerprint density at radius 1 is 1.19 bits per heavy atom. The fourth-order valence-electron chi connectivity index (χ4n) is 3.70. The van der Waals surface area contributed by atoms with Crippen molar-refractivity contribution in [1.82, 2.24) is 15.1 Å². The molecule has 0 spiro atoms. The van der Waals surface area contributed by atoms with Crippen LogP contribution in [0.25, 0.3) is 10.8 Å². The van der Waals surface area contributed by atoms with Crippen LogP contribution in [-0.2, 0) is 27.8 Å². The molecule has 0 atom stereocenters. The highest BCUT2D eigenvalue weighted by molar-refractivity contribution is 5.92. The van der Waals surface area contributed by atoms with Crippen LogP contribution in [-0.4, -0.2) is 34.3 Å². The smallest absolute Gasteiger partial charge is 0.331 e. The Labute approximate surface area is 151 Å². The van der Waals surface area contributed by atoms with Gasteiger partial charge in [0.15, 0.2) is 0 Å². The van der Waals surface area contributed by atoms with Gasteiger partial charge in [-0.25, -0.2) is 9.48 Å². The molecule has 1 aromatic carbocycles. The molecule has 1 aromatic heterocycles. The molecular formula is C19H23N3O4. The standard InChI is InChI=1S/C19H23N3O4/c1-22-17(24)14-9-5-4-8-13(14)15(21-22)12-16(23)20-19(18(25)26-2)10-6-3-7-11-19/h4-5,8-9H,3,6-7,10-12H2,1-2H3,(H,20,23). The number of methoxy groups -OCH3 is 1. The molecule has 0 aliphatic heterocycles. The van der Waals surface area contributed by atoms with Gasteiger partial charge in [-0.3, -0.25) is 9.59 Å². The van der Waals surface area contributed by atoms with Gasteiger partial charge in [0.2, 0.25) is 5.91 Å². The Morgan fingerprint density at radius 3 is 2.50 bits per heavy atom. The van der Waals surface area contributed by atoms with Crippen LogP contribution >= 0.6 is 0 Å². The van der Waals surface area contributed by atoms with Gasteiger partial charge in [-0.15, -0.1) is 0 Å². The molecule has 7 nitrogen and oxygen atoms in total. The molecule has 2 aromatic rings. The second-order valence-corrected chi connectivity index (χ2v) is 6.78. The van der Waals surface area contributed by atoms with Crippen molar-refractivity contribution in [3.63, 3.8) is 0 Å². The topological polar surface area (TPSA) is 90.3 Å². The first-order valence-electron chi connectivity index (χ1n) is 8.81. The second-order valence-electron chi connectivity index (χ2n) is 6.78. The molecule has 1 fully saturated rings. The van der Waals surface area contributed by atoms with Crippen molar-refractivity contribution in [1.29, 1.82) is 0 Å². The minimum Gasteiger partial charge on any atom is -0.467 e. The Bertz CT molecular complexity index is 897. The summed E-state index contributed by atoms with van der Waals surface area (Å²) in [4.78, 5) is 37.2. The Balaban J connectivity index is 1.88. The average molecular weight is 357 g/mol. The Kier molecular flexibility index (Phi) is 5.06. The van der Waals surface area contributed by atoms with Crippen LogP contribution in [0.3, 0.4) is 0 Å². The molecule has 1 aliphatic carbocycles. The van der Waals surface area contributed by atoms with Crippen LogP contribution < -0.4 is 10.9 Å². The van der Waals surface area contributed by atoms with E-state index in [1.54, 1.807) is 25.2 Å². The molecule has 0 saturated heterocycles. The summed E-state index contributed by atoms with van der Waals surface area (Å²) >= 11 is 0. The van der Waals surface area contributed by atoms with Crippen molar-refractivity contribution in [2.75, 3.05) is 7.11 Å². The summed E-state index contributed by atoms with van der Waals surface area (Å²) in [5.74, 6) is -0.697. The van der Waals surface area contributed by atoms with E-state index in [1.165, 1.54) is 11.8 Å². The highest BCUT2D eigenvalue weighted by Gasteiger charge is 2.41. The normalized spacial score (nSPS) is 16.2. The number of fused-ring (bicyclic) bond motifs is 1. The maximum absolute atomic E-state index is 12.7. The van der Waals surface area contributed by atoms with Crippen molar-refractivity contribution < 1.29 is 14.3 Å². The number of rotatable bonds is 4. The average Bonchev–Trinajstić information content (AvgIpc) is 2.66. The van der Waals surface area contributed by atoms with Crippen LogP contribution in [0, 0.1) is 0 Å². The minimum absolute atomic E-state index is 0.00657. The summed E-state index contributed by atoms with van der Waals surface area (Å²) in [5, 5.41) is 8.31. The SMILES string of the molecule is COC(=O)C1(NC(=O)Cc2nn(C)c(=O)c3ccccc23)CCCCC1. The van der Waals surface area contributed by atoms with E-state index in [2.05, 4.69) is 10.4 Å². The van der Waals surface area contributed by atoms with E-state index in [9.17, 15) is 14.4 Å². The lowest BCUT2D eigenvalue weighted by molar-refractivity contribution is -0.152. The predicted molar refractivity (Wildman–Crippen MR) is 96.7 cm³/mol. The molecule has 26 heavy (non-hydrogen) atoms. The molecule has 1 heterocycles. The monoisotopic (exact) mass is 357 g/mol. The first-order chi connectivity index (χ1) is 12.5. The van der Waals surface area contributed by atoms with Gasteiger partial charge in [-0.05, 0) is 18.9 Å². The minimum atomic E-state index is -0.958. The van der Waals surface area contributed by atoms with Crippen molar-refractivity contribution in [2.24, 2.45) is 7.05 Å². The fraction of sp³-hybridized carbons (Fsp3) is 0.474. The molecule has 7 heteroatoms. The molecule has 1 N–H and O–H groups in total. The predicted octanol–water partition coefficient (Wildman–Crippen LogP) is 1.47. The van der Waals surface area contributed by atoms with Crippen molar-refractivity contribution in [3.05, 3.63) is 40.3 Å². The van der Waals surface area contributed by atoms with E-state index < -0.39 is 11.5 Å². The lowest BCUT2D eigenvalue weighted by Gasteiger charge is -2.35. The van der Waals surface area contributed by atoms with E-state index in [0.29, 0.717) is 29.3 Å². The third kappa shape index (κ3) is 3.34. The van der Waals surface area contributed by atoms with Gasteiger partial charge in [-0.2, -0.15) is 5.10 Å². The summed E-state index contributed by atoms with van der Waals surface area (Å²) in [7, 11) is 2.90. The lowest BCUT2D eigenvalue weighted by Crippen LogP contribution is -2.56. The lowest BCUT2D eigenvalue weighted by atomic mass is 9.81. The number of carbonyl (C=O) groups excluding carboxylic acids is 2. The number of hydrogen-bond acceptors (Lipinski definition) is 5. The van der Waals surface area contributed by atoms with E-state index in [1.807, 2.05) is 6.07 Å². The number of hydrogen-bond donors (Lipinski definition) is 1. The van der Waals surface area contributed by atoms with Gasteiger partial charge in [-0.1, -0.05) is 37.5 Å². The maximum atomic E-state index is 12.7. The first kappa shape index (κ1) is 18.1. The van der Waals surface area contributed by atoms with Crippen LogP contribution in [0.2, 0.25) is 0 Å². The molecule has 0 radical (unpaired) electrons. The van der Waals surface area contributed by atoms with Crippen molar-refractivity contribution >= 4 is 22.6 Å². The zero-order valence-electron chi connectivity index (χ0n) is 15.1. The zero-order chi connectivity index (χ0) is 18.7. The van der Waals surface area contributed by atoms with E-state index >= 15 is 0 Å². The number of benzene rings is 1. The second kappa shape index (κ2) is 7.27. The summed E-state index contributed by atoms with van der Waals surface area (Å²) in [5.41, 5.74) is -0.653. The third-order valence-electron chi connectivity index (χ3n) is 5.02. The summed E-state index contributed by atoms with van der Waals surface area (Å²) in [6, 6.07) is 7.09. The molecule has 1 aliphatic rings. The van der Waals surface area contributed by atoms with Gasteiger partial charge in [0, 0.05) is 12.4 Å². The number of ether oxygens (including phenoxy) is 1. The third-order valence-corrected chi connectivity index (χ3v) is 5.02. The number of nitrogens with one attached hydrogen (secondary N) is 1. The largest absolute Gasteiger partial charge is 0.467 e. The molecular weight excluding hydrogens is 334 g/mol. The molecule has 138 valence electrons. The quantitative estimate of drug-likeness (QED) is 0.837. The number of aromatic nitrogens is 2. The Hall–Kier alpha value is -2.70. The van der Waals surface area contributed by atoms with Crippen molar-refractivity contribution in [3.8, 4) is 0 Å². The van der Waals surface area contributed by atoms with E-state index in [4.69, 9.17) is 4.74 Å². The summed E-state index contributed by atoms with van der Waals surface area (Å²) in [6.07, 6.45) is 3.93. The number of amides is 1. The van der Waals surface area contributed by atoms with Gasteiger partial charge in [0.1, 0.15) is 5.54 Å². The highest BCUT2D eigenvalue weighted by atomic mass is 16.5. The number of esters is 1. The van der Waals surface area contributed by atoms with Crippen LogP contribution in [0.1, 0.15) is 37.8 Å². The molecule has 0 unspecified atom stereocenters. The zero-order valence-corrected chi connectivity index (χ0v) is 15.1. The van der Waals surface area contributed by atoms with Crippen LogP contribution in [0.5, 0.6) is 0 Å². The van der Waals surface area contributed by atoms with E-state index in [0.717, 1.165) is 19.3 Å². The van der Waals surface area contributed by atoms with Crippen LogP contribution in [0.15, 0.2) is 29.1 Å². The molecule has 3 rings (SSSR count).